The number of aromatic nitrogens is 5. The van der Waals surface area contributed by atoms with Crippen LogP contribution < -0.4 is 5.69 Å². The van der Waals surface area contributed by atoms with Crippen molar-refractivity contribution < 1.29 is 9.47 Å². The fourth-order valence-electron chi connectivity index (χ4n) is 5.90. The van der Waals surface area contributed by atoms with Gasteiger partial charge in [0.2, 0.25) is 0 Å². The van der Waals surface area contributed by atoms with Gasteiger partial charge in [-0.05, 0) is 69.5 Å². The Hall–Kier alpha value is -3.65. The molecule has 0 N–H and O–H groups in total. The highest BCUT2D eigenvalue weighted by Gasteiger charge is 2.24. The summed E-state index contributed by atoms with van der Waals surface area (Å²) >= 11 is 0. The van der Waals surface area contributed by atoms with Crippen molar-refractivity contribution >= 4 is 22.1 Å². The molecule has 2 saturated heterocycles. The van der Waals surface area contributed by atoms with Crippen LogP contribution in [-0.4, -0.2) is 68.7 Å². The molecule has 5 heterocycles. The van der Waals surface area contributed by atoms with Crippen LogP contribution in [-0.2, 0) is 16.5 Å². The first kappa shape index (κ1) is 26.6. The van der Waals surface area contributed by atoms with Crippen molar-refractivity contribution in [1.29, 1.82) is 5.26 Å². The molecule has 0 aliphatic carbocycles. The van der Waals surface area contributed by atoms with Gasteiger partial charge in [-0.25, -0.2) is 4.79 Å². The van der Waals surface area contributed by atoms with Gasteiger partial charge >= 0.3 is 5.69 Å². The lowest BCUT2D eigenvalue weighted by Gasteiger charge is -2.29. The van der Waals surface area contributed by atoms with Gasteiger partial charge in [0, 0.05) is 55.9 Å². The summed E-state index contributed by atoms with van der Waals surface area (Å²) in [6, 6.07) is 12.6. The van der Waals surface area contributed by atoms with Crippen molar-refractivity contribution in [2.45, 2.75) is 44.8 Å². The van der Waals surface area contributed by atoms with Crippen LogP contribution in [0.4, 0.5) is 0 Å². The highest BCUT2D eigenvalue weighted by molar-refractivity contribution is 6.02. The van der Waals surface area contributed by atoms with Gasteiger partial charge in [-0.15, -0.1) is 10.2 Å². The number of rotatable bonds is 7. The van der Waals surface area contributed by atoms with Gasteiger partial charge < -0.3 is 14.4 Å². The highest BCUT2D eigenvalue weighted by atomic mass is 16.5. The van der Waals surface area contributed by atoms with Crippen molar-refractivity contribution in [3.05, 3.63) is 52.7 Å². The monoisotopic (exact) mass is 541 g/mol. The van der Waals surface area contributed by atoms with E-state index in [0.717, 1.165) is 78.6 Å². The van der Waals surface area contributed by atoms with Crippen LogP contribution in [0, 0.1) is 17.2 Å². The van der Waals surface area contributed by atoms with E-state index in [9.17, 15) is 4.79 Å². The van der Waals surface area contributed by atoms with Crippen molar-refractivity contribution in [1.82, 2.24) is 29.2 Å². The summed E-state index contributed by atoms with van der Waals surface area (Å²) < 4.78 is 15.1. The van der Waals surface area contributed by atoms with Crippen LogP contribution in [0.25, 0.3) is 33.2 Å². The summed E-state index contributed by atoms with van der Waals surface area (Å²) in [5.41, 5.74) is 4.98. The Morgan fingerprint density at radius 3 is 2.60 bits per heavy atom. The minimum Gasteiger partial charge on any atom is -0.381 e. The topological polar surface area (TPSA) is 111 Å². The molecule has 10 heteroatoms. The largest absolute Gasteiger partial charge is 0.381 e. The van der Waals surface area contributed by atoms with Crippen molar-refractivity contribution in [3.8, 4) is 17.2 Å². The Bertz CT molecular complexity index is 1590. The molecule has 6 rings (SSSR count). The number of hydrogen-bond donors (Lipinski definition) is 0. The minimum absolute atomic E-state index is 0.0687. The molecule has 0 radical (unpaired) electrons. The number of piperidine rings is 1. The molecule has 4 aromatic rings. The number of nitriles is 1. The second-order valence-electron chi connectivity index (χ2n) is 10.9. The van der Waals surface area contributed by atoms with E-state index >= 15 is 0 Å². The first-order valence-electron chi connectivity index (χ1n) is 14.2. The Morgan fingerprint density at radius 2 is 1.88 bits per heavy atom. The molecule has 3 aromatic heterocycles. The molecule has 1 aromatic carbocycles. The predicted molar refractivity (Wildman–Crippen MR) is 152 cm³/mol. The second-order valence-corrected chi connectivity index (χ2v) is 10.9. The Morgan fingerprint density at radius 1 is 1.10 bits per heavy atom. The van der Waals surface area contributed by atoms with Crippen molar-refractivity contribution in [2.75, 3.05) is 39.5 Å². The molecule has 0 bridgehead atoms. The summed E-state index contributed by atoms with van der Waals surface area (Å²) in [7, 11) is 1.76. The number of likely N-dealkylation sites (tertiary alicyclic amines) is 1. The number of imidazole rings is 1. The number of ether oxygens (including phenoxy) is 2. The fourth-order valence-corrected chi connectivity index (χ4v) is 5.90. The first-order valence-corrected chi connectivity index (χ1v) is 14.2. The van der Waals surface area contributed by atoms with E-state index in [1.165, 1.54) is 0 Å². The van der Waals surface area contributed by atoms with E-state index in [1.807, 2.05) is 35.9 Å². The molecule has 10 nitrogen and oxygen atoms in total. The number of hydrogen-bond acceptors (Lipinski definition) is 8. The second kappa shape index (κ2) is 11.5. The normalized spacial score (nSPS) is 18.3. The SMILES string of the molecule is CC(OCCN1CCC(C#N)CC1)c1ccc(-c2ccc3nnc4c(c3c2)n(C2CCOCC2)c(=O)n4C)cn1. The van der Waals surface area contributed by atoms with Gasteiger partial charge in [0.05, 0.1) is 30.0 Å². The van der Waals surface area contributed by atoms with Gasteiger partial charge in [-0.2, -0.15) is 5.26 Å². The number of aryl methyl sites for hydroxylation is 1. The number of pyridine rings is 1. The van der Waals surface area contributed by atoms with E-state index < -0.39 is 0 Å². The Balaban J connectivity index is 1.21. The van der Waals surface area contributed by atoms with Gasteiger partial charge in [0.1, 0.15) is 5.52 Å². The van der Waals surface area contributed by atoms with Gasteiger partial charge in [0.15, 0.2) is 5.65 Å². The lowest BCUT2D eigenvalue weighted by molar-refractivity contribution is 0.0402. The Kier molecular flexibility index (Phi) is 7.61. The number of fused-ring (bicyclic) bond motifs is 3. The first-order chi connectivity index (χ1) is 19.5. The molecule has 2 fully saturated rings. The van der Waals surface area contributed by atoms with Gasteiger partial charge in [-0.3, -0.25) is 14.1 Å². The summed E-state index contributed by atoms with van der Waals surface area (Å²) in [6.07, 6.45) is 5.25. The van der Waals surface area contributed by atoms with Crippen LogP contribution in [0.1, 0.15) is 50.4 Å². The standard InChI is InChI=1S/C30H35N7O3/c1-20(40-16-13-36-11-7-21(18-31)8-12-36)26-5-4-23(19-32-26)22-3-6-27-25(17-22)28-29(34-33-27)35(2)30(38)37(28)24-9-14-39-15-10-24/h3-6,17,19-21,24H,7-16H2,1-2H3. The van der Waals surface area contributed by atoms with Crippen molar-refractivity contribution in [3.63, 3.8) is 0 Å². The summed E-state index contributed by atoms with van der Waals surface area (Å²) in [5, 5.41) is 18.8. The third-order valence-electron chi connectivity index (χ3n) is 8.41. The maximum atomic E-state index is 13.3. The lowest BCUT2D eigenvalue weighted by Crippen LogP contribution is -2.35. The summed E-state index contributed by atoms with van der Waals surface area (Å²) in [6.45, 7) is 6.75. The maximum Gasteiger partial charge on any atom is 0.330 e. The zero-order chi connectivity index (χ0) is 27.6. The smallest absolute Gasteiger partial charge is 0.330 e. The van der Waals surface area contributed by atoms with Gasteiger partial charge in [-0.1, -0.05) is 12.1 Å². The highest BCUT2D eigenvalue weighted by Crippen LogP contribution is 2.31. The third kappa shape index (κ3) is 5.12. The van der Waals surface area contributed by atoms with Crippen LogP contribution in [0.5, 0.6) is 0 Å². The predicted octanol–water partition coefficient (Wildman–Crippen LogP) is 4.01. The average Bonchev–Trinajstić information content (AvgIpc) is 3.27. The molecular formula is C30H35N7O3. The molecule has 2 aliphatic rings. The summed E-state index contributed by atoms with van der Waals surface area (Å²) in [4.78, 5) is 20.3. The minimum atomic E-state index is -0.115. The average molecular weight is 542 g/mol. The van der Waals surface area contributed by atoms with E-state index in [4.69, 9.17) is 19.7 Å². The van der Waals surface area contributed by atoms with Crippen LogP contribution in [0.2, 0.25) is 0 Å². The molecule has 0 saturated carbocycles. The van der Waals surface area contributed by atoms with Crippen LogP contribution in [0.15, 0.2) is 41.3 Å². The number of nitrogens with zero attached hydrogens (tertiary/aromatic N) is 7. The molecule has 0 amide bonds. The zero-order valence-corrected chi connectivity index (χ0v) is 23.1. The molecule has 1 unspecified atom stereocenters. The quantitative estimate of drug-likeness (QED) is 0.345. The van der Waals surface area contributed by atoms with E-state index in [-0.39, 0.29) is 23.8 Å². The molecule has 1 atom stereocenters. The van der Waals surface area contributed by atoms with E-state index in [2.05, 4.69) is 33.3 Å². The van der Waals surface area contributed by atoms with E-state index in [0.29, 0.717) is 25.5 Å². The van der Waals surface area contributed by atoms with E-state index in [1.54, 1.807) is 11.6 Å². The molecule has 0 spiro atoms. The molecule has 40 heavy (non-hydrogen) atoms. The molecular weight excluding hydrogens is 506 g/mol. The van der Waals surface area contributed by atoms with Gasteiger partial charge in [0.25, 0.3) is 0 Å². The molecule has 2 aliphatic heterocycles. The molecule has 208 valence electrons. The summed E-state index contributed by atoms with van der Waals surface area (Å²) in [5.74, 6) is 0.199. The zero-order valence-electron chi connectivity index (χ0n) is 23.1. The Labute approximate surface area is 233 Å². The third-order valence-corrected chi connectivity index (χ3v) is 8.41. The van der Waals surface area contributed by atoms with Crippen molar-refractivity contribution in [2.24, 2.45) is 13.0 Å². The fraction of sp³-hybridized carbons (Fsp3) is 0.500. The lowest BCUT2D eigenvalue weighted by atomic mass is 9.99. The van der Waals surface area contributed by atoms with Crippen LogP contribution in [0.3, 0.4) is 0 Å². The number of benzene rings is 1. The van der Waals surface area contributed by atoms with Crippen LogP contribution >= 0.6 is 0 Å². The maximum absolute atomic E-state index is 13.3.